The zero-order valence-corrected chi connectivity index (χ0v) is 10.7. The molecule has 2 aromatic heterocycles. The topological polar surface area (TPSA) is 60.4 Å². The molecule has 2 rings (SSSR count). The molecule has 0 saturated carbocycles. The Labute approximate surface area is 102 Å². The number of aryl methyl sites for hydroxylation is 3. The Hall–Kier alpha value is -1.69. The first-order chi connectivity index (χ1) is 8.13. The van der Waals surface area contributed by atoms with Gasteiger partial charge in [-0.25, -0.2) is 0 Å². The van der Waals surface area contributed by atoms with E-state index in [0.29, 0.717) is 28.2 Å². The standard InChI is InChI=1S/C11H13N3O2S/c1-4-8-9(7(2)13-16-8)10(15)12-11-14(3)5-6-17-11/h5-6H,4H2,1-3H3. The van der Waals surface area contributed by atoms with Gasteiger partial charge in [0.2, 0.25) is 0 Å². The van der Waals surface area contributed by atoms with Crippen LogP contribution >= 0.6 is 11.3 Å². The molecule has 0 atom stereocenters. The minimum atomic E-state index is -0.293. The minimum Gasteiger partial charge on any atom is -0.360 e. The van der Waals surface area contributed by atoms with Gasteiger partial charge in [-0.3, -0.25) is 4.79 Å². The molecule has 17 heavy (non-hydrogen) atoms. The predicted octanol–water partition coefficient (Wildman–Crippen LogP) is 1.69. The molecule has 0 bridgehead atoms. The largest absolute Gasteiger partial charge is 0.360 e. The third-order valence-corrected chi connectivity index (χ3v) is 3.27. The number of amides is 1. The normalized spacial score (nSPS) is 12.1. The van der Waals surface area contributed by atoms with Gasteiger partial charge in [0.25, 0.3) is 5.91 Å². The number of hydrogen-bond acceptors (Lipinski definition) is 4. The molecule has 0 aliphatic rings. The second-order valence-corrected chi connectivity index (χ2v) is 4.51. The van der Waals surface area contributed by atoms with E-state index in [-0.39, 0.29) is 5.91 Å². The number of hydrogen-bond donors (Lipinski definition) is 0. The summed E-state index contributed by atoms with van der Waals surface area (Å²) < 4.78 is 6.88. The van der Waals surface area contributed by atoms with Crippen LogP contribution in [-0.2, 0) is 13.5 Å². The Morgan fingerprint density at radius 1 is 1.65 bits per heavy atom. The summed E-state index contributed by atoms with van der Waals surface area (Å²) in [6.07, 6.45) is 2.49. The van der Waals surface area contributed by atoms with Crippen molar-refractivity contribution in [2.24, 2.45) is 12.0 Å². The molecular weight excluding hydrogens is 238 g/mol. The van der Waals surface area contributed by atoms with Gasteiger partial charge in [0.15, 0.2) is 4.80 Å². The average Bonchev–Trinajstić information content (AvgIpc) is 2.85. The Morgan fingerprint density at radius 3 is 3.00 bits per heavy atom. The molecule has 90 valence electrons. The van der Waals surface area contributed by atoms with Crippen molar-refractivity contribution in [3.05, 3.63) is 33.4 Å². The fourth-order valence-corrected chi connectivity index (χ4v) is 2.24. The molecule has 2 heterocycles. The molecule has 2 aromatic rings. The van der Waals surface area contributed by atoms with Crippen LogP contribution in [0.3, 0.4) is 0 Å². The third kappa shape index (κ3) is 2.21. The van der Waals surface area contributed by atoms with Crippen molar-refractivity contribution in [1.82, 2.24) is 9.72 Å². The summed E-state index contributed by atoms with van der Waals surface area (Å²) in [6, 6.07) is 0. The van der Waals surface area contributed by atoms with E-state index in [1.54, 1.807) is 11.5 Å². The lowest BCUT2D eigenvalue weighted by atomic mass is 10.1. The lowest BCUT2D eigenvalue weighted by Gasteiger charge is -1.94. The summed E-state index contributed by atoms with van der Waals surface area (Å²) in [4.78, 5) is 16.8. The van der Waals surface area contributed by atoms with Gasteiger partial charge in [0.1, 0.15) is 11.3 Å². The highest BCUT2D eigenvalue weighted by molar-refractivity contribution is 7.07. The highest BCUT2D eigenvalue weighted by Gasteiger charge is 2.18. The second-order valence-electron chi connectivity index (χ2n) is 3.63. The van der Waals surface area contributed by atoms with Crippen LogP contribution in [0.15, 0.2) is 21.1 Å². The second kappa shape index (κ2) is 4.67. The van der Waals surface area contributed by atoms with Crippen LogP contribution < -0.4 is 4.80 Å². The van der Waals surface area contributed by atoms with E-state index >= 15 is 0 Å². The first kappa shape index (κ1) is 11.8. The maximum Gasteiger partial charge on any atom is 0.285 e. The van der Waals surface area contributed by atoms with Crippen molar-refractivity contribution in [3.63, 3.8) is 0 Å². The van der Waals surface area contributed by atoms with Crippen molar-refractivity contribution in [2.75, 3.05) is 0 Å². The number of rotatable bonds is 2. The summed E-state index contributed by atoms with van der Waals surface area (Å²) in [6.45, 7) is 3.67. The Morgan fingerprint density at radius 2 is 2.41 bits per heavy atom. The first-order valence-corrected chi connectivity index (χ1v) is 6.15. The Bertz CT molecular complexity index is 606. The van der Waals surface area contributed by atoms with Crippen molar-refractivity contribution in [1.29, 1.82) is 0 Å². The van der Waals surface area contributed by atoms with Crippen LogP contribution in [0.2, 0.25) is 0 Å². The third-order valence-electron chi connectivity index (χ3n) is 2.43. The molecule has 0 saturated heterocycles. The summed E-state index contributed by atoms with van der Waals surface area (Å²) >= 11 is 1.42. The zero-order chi connectivity index (χ0) is 12.4. The van der Waals surface area contributed by atoms with Gasteiger partial charge in [-0.1, -0.05) is 12.1 Å². The Balaban J connectivity index is 2.45. The van der Waals surface area contributed by atoms with Crippen LogP contribution in [0.4, 0.5) is 0 Å². The van der Waals surface area contributed by atoms with Crippen molar-refractivity contribution in [3.8, 4) is 0 Å². The van der Waals surface area contributed by atoms with Gasteiger partial charge < -0.3 is 9.09 Å². The fraction of sp³-hybridized carbons (Fsp3) is 0.364. The molecule has 0 spiro atoms. The minimum absolute atomic E-state index is 0.293. The molecule has 1 amide bonds. The van der Waals surface area contributed by atoms with E-state index in [4.69, 9.17) is 4.52 Å². The lowest BCUT2D eigenvalue weighted by molar-refractivity contribution is 0.0995. The summed E-state index contributed by atoms with van der Waals surface area (Å²) in [5, 5.41) is 5.68. The highest BCUT2D eigenvalue weighted by atomic mass is 32.1. The first-order valence-electron chi connectivity index (χ1n) is 5.27. The van der Waals surface area contributed by atoms with Gasteiger partial charge in [-0.05, 0) is 6.92 Å². The molecule has 0 aliphatic carbocycles. The molecule has 0 unspecified atom stereocenters. The van der Waals surface area contributed by atoms with Crippen molar-refractivity contribution >= 4 is 17.2 Å². The fourth-order valence-electron chi connectivity index (χ4n) is 1.51. The number of aromatic nitrogens is 2. The number of thiazole rings is 1. The molecule has 6 heteroatoms. The monoisotopic (exact) mass is 251 g/mol. The van der Waals surface area contributed by atoms with Crippen LogP contribution in [0.25, 0.3) is 0 Å². The van der Waals surface area contributed by atoms with E-state index in [1.165, 1.54) is 11.3 Å². The summed E-state index contributed by atoms with van der Waals surface area (Å²) in [5.41, 5.74) is 1.08. The quantitative estimate of drug-likeness (QED) is 0.816. The Kier molecular flexibility index (Phi) is 3.23. The molecule has 0 fully saturated rings. The van der Waals surface area contributed by atoms with Gasteiger partial charge in [-0.2, -0.15) is 4.99 Å². The van der Waals surface area contributed by atoms with Gasteiger partial charge >= 0.3 is 0 Å². The maximum absolute atomic E-state index is 12.1. The van der Waals surface area contributed by atoms with Crippen LogP contribution in [0, 0.1) is 6.92 Å². The van der Waals surface area contributed by atoms with Crippen LogP contribution in [0.1, 0.15) is 28.7 Å². The molecule has 0 N–H and O–H groups in total. The van der Waals surface area contributed by atoms with Crippen molar-refractivity contribution in [2.45, 2.75) is 20.3 Å². The summed E-state index contributed by atoms with van der Waals surface area (Å²) in [7, 11) is 1.85. The van der Waals surface area contributed by atoms with Gasteiger partial charge in [0.05, 0.1) is 5.69 Å². The molecule has 5 nitrogen and oxygen atoms in total. The molecule has 0 radical (unpaired) electrons. The predicted molar refractivity (Wildman–Crippen MR) is 63.8 cm³/mol. The summed E-state index contributed by atoms with van der Waals surface area (Å²) in [5.74, 6) is 0.300. The smallest absolute Gasteiger partial charge is 0.285 e. The average molecular weight is 251 g/mol. The molecule has 0 aliphatic heterocycles. The van der Waals surface area contributed by atoms with E-state index < -0.39 is 0 Å². The van der Waals surface area contributed by atoms with E-state index in [1.807, 2.05) is 25.5 Å². The molecular formula is C11H13N3O2S. The SMILES string of the molecule is CCc1onc(C)c1C(=O)N=c1sccn1C. The van der Waals surface area contributed by atoms with E-state index in [2.05, 4.69) is 10.1 Å². The number of carbonyl (C=O) groups excluding carboxylic acids is 1. The lowest BCUT2D eigenvalue weighted by Crippen LogP contribution is -2.13. The van der Waals surface area contributed by atoms with E-state index in [0.717, 1.165) is 0 Å². The van der Waals surface area contributed by atoms with Crippen LogP contribution in [-0.4, -0.2) is 15.6 Å². The highest BCUT2D eigenvalue weighted by Crippen LogP contribution is 2.15. The maximum atomic E-state index is 12.1. The molecule has 0 aromatic carbocycles. The number of nitrogens with zero attached hydrogens (tertiary/aromatic N) is 3. The van der Waals surface area contributed by atoms with Crippen molar-refractivity contribution < 1.29 is 9.32 Å². The number of carbonyl (C=O) groups is 1. The zero-order valence-electron chi connectivity index (χ0n) is 9.93. The van der Waals surface area contributed by atoms with Crippen LogP contribution in [0.5, 0.6) is 0 Å². The van der Waals surface area contributed by atoms with E-state index in [9.17, 15) is 4.79 Å². The van der Waals surface area contributed by atoms with Gasteiger partial charge in [-0.15, -0.1) is 11.3 Å². The van der Waals surface area contributed by atoms with Gasteiger partial charge in [0, 0.05) is 25.0 Å².